The Kier molecular flexibility index (Phi) is 6.94. The largest absolute Gasteiger partial charge is 0.401 e. The summed E-state index contributed by atoms with van der Waals surface area (Å²) in [6.45, 7) is 1.40. The van der Waals surface area contributed by atoms with E-state index in [9.17, 15) is 18.0 Å². The Morgan fingerprint density at radius 2 is 1.94 bits per heavy atom. The Balaban J connectivity index is 0.00000289. The van der Waals surface area contributed by atoms with E-state index < -0.39 is 18.8 Å². The van der Waals surface area contributed by atoms with Gasteiger partial charge in [-0.1, -0.05) is 0 Å². The number of likely N-dealkylation sites (tertiary alicyclic amines) is 1. The van der Waals surface area contributed by atoms with E-state index in [1.54, 1.807) is 6.92 Å². The predicted molar refractivity (Wildman–Crippen MR) is 64.6 cm³/mol. The number of carbonyl (C=O) groups excluding carboxylic acids is 1. The van der Waals surface area contributed by atoms with Crippen molar-refractivity contribution >= 4 is 18.3 Å². The smallest absolute Gasteiger partial charge is 0.352 e. The molecule has 0 aliphatic carbocycles. The first-order chi connectivity index (χ1) is 7.78. The van der Waals surface area contributed by atoms with Crippen molar-refractivity contribution in [1.29, 1.82) is 0 Å². The zero-order valence-electron chi connectivity index (χ0n) is 10.2. The van der Waals surface area contributed by atoms with Gasteiger partial charge in [0.25, 0.3) is 0 Å². The molecule has 1 atom stereocenters. The van der Waals surface area contributed by atoms with Gasteiger partial charge in [-0.3, -0.25) is 9.69 Å². The third-order valence-corrected chi connectivity index (χ3v) is 2.75. The van der Waals surface area contributed by atoms with E-state index in [2.05, 4.69) is 5.32 Å². The number of nitrogens with zero attached hydrogens (tertiary/aromatic N) is 1. The fourth-order valence-corrected chi connectivity index (χ4v) is 1.82. The van der Waals surface area contributed by atoms with E-state index in [-0.39, 0.29) is 24.4 Å². The summed E-state index contributed by atoms with van der Waals surface area (Å²) in [6.07, 6.45) is -3.08. The Morgan fingerprint density at radius 3 is 2.33 bits per heavy atom. The topological polar surface area (TPSA) is 58.4 Å². The third-order valence-electron chi connectivity index (χ3n) is 2.75. The number of alkyl halides is 3. The van der Waals surface area contributed by atoms with Gasteiger partial charge < -0.3 is 11.1 Å². The molecule has 1 aliphatic rings. The van der Waals surface area contributed by atoms with Crippen LogP contribution < -0.4 is 11.1 Å². The quantitative estimate of drug-likeness (QED) is 0.811. The maximum absolute atomic E-state index is 12.1. The molecule has 108 valence electrons. The second kappa shape index (κ2) is 7.16. The fourth-order valence-electron chi connectivity index (χ4n) is 1.82. The second-order valence-corrected chi connectivity index (χ2v) is 4.46. The molecule has 0 radical (unpaired) electrons. The molecule has 18 heavy (non-hydrogen) atoms. The first kappa shape index (κ1) is 17.5. The molecule has 0 bridgehead atoms. The van der Waals surface area contributed by atoms with Gasteiger partial charge >= 0.3 is 6.18 Å². The van der Waals surface area contributed by atoms with Crippen molar-refractivity contribution in [3.05, 3.63) is 0 Å². The van der Waals surface area contributed by atoms with Gasteiger partial charge in [0, 0.05) is 19.1 Å². The third kappa shape index (κ3) is 6.42. The van der Waals surface area contributed by atoms with Gasteiger partial charge in [0.15, 0.2) is 0 Å². The molecular formula is C10H19ClF3N3O. The lowest BCUT2D eigenvalue weighted by molar-refractivity contribution is -0.148. The maximum atomic E-state index is 12.1. The number of amides is 1. The zero-order valence-corrected chi connectivity index (χ0v) is 11.0. The molecule has 0 unspecified atom stereocenters. The van der Waals surface area contributed by atoms with Gasteiger partial charge in [-0.05, 0) is 19.8 Å². The molecule has 1 fully saturated rings. The standard InChI is InChI=1S/C10H18F3N3O.ClH/c1-7(14)9(17)15-8-2-4-16(5-3-8)6-10(11,12)13;/h7-8H,2-6,14H2,1H3,(H,15,17);1H/t7-;/m1./s1. The minimum atomic E-state index is -4.15. The maximum Gasteiger partial charge on any atom is 0.401 e. The van der Waals surface area contributed by atoms with Crippen molar-refractivity contribution in [3.8, 4) is 0 Å². The lowest BCUT2D eigenvalue weighted by Crippen LogP contribution is -2.50. The van der Waals surface area contributed by atoms with Crippen molar-refractivity contribution in [3.63, 3.8) is 0 Å². The molecule has 1 amide bonds. The van der Waals surface area contributed by atoms with Crippen LogP contribution in [0.5, 0.6) is 0 Å². The summed E-state index contributed by atoms with van der Waals surface area (Å²) in [7, 11) is 0. The molecular weight excluding hydrogens is 271 g/mol. The van der Waals surface area contributed by atoms with Crippen LogP contribution in [0.3, 0.4) is 0 Å². The van der Waals surface area contributed by atoms with Gasteiger partial charge in [0.2, 0.25) is 5.91 Å². The molecule has 0 aromatic rings. The lowest BCUT2D eigenvalue weighted by Gasteiger charge is -2.32. The summed E-state index contributed by atoms with van der Waals surface area (Å²) >= 11 is 0. The number of piperidine rings is 1. The van der Waals surface area contributed by atoms with E-state index in [1.165, 1.54) is 4.90 Å². The van der Waals surface area contributed by atoms with Crippen LogP contribution >= 0.6 is 12.4 Å². The van der Waals surface area contributed by atoms with Crippen LogP contribution in [0.25, 0.3) is 0 Å². The van der Waals surface area contributed by atoms with E-state index in [0.717, 1.165) is 0 Å². The first-order valence-corrected chi connectivity index (χ1v) is 5.63. The van der Waals surface area contributed by atoms with Crippen LogP contribution in [0.4, 0.5) is 13.2 Å². The highest BCUT2D eigenvalue weighted by atomic mass is 35.5. The molecule has 3 N–H and O–H groups in total. The van der Waals surface area contributed by atoms with Crippen LogP contribution in [0, 0.1) is 0 Å². The lowest BCUT2D eigenvalue weighted by atomic mass is 10.0. The highest BCUT2D eigenvalue weighted by Gasteiger charge is 2.32. The molecule has 0 aromatic carbocycles. The van der Waals surface area contributed by atoms with Gasteiger partial charge in [-0.2, -0.15) is 13.2 Å². The van der Waals surface area contributed by atoms with Gasteiger partial charge in [0.1, 0.15) is 0 Å². The van der Waals surface area contributed by atoms with Crippen molar-refractivity contribution in [1.82, 2.24) is 10.2 Å². The Morgan fingerprint density at radius 1 is 1.44 bits per heavy atom. The molecule has 4 nitrogen and oxygen atoms in total. The summed E-state index contributed by atoms with van der Waals surface area (Å²) in [5.41, 5.74) is 5.39. The molecule has 1 heterocycles. The van der Waals surface area contributed by atoms with Crippen LogP contribution in [0.2, 0.25) is 0 Å². The number of halogens is 4. The van der Waals surface area contributed by atoms with Crippen LogP contribution in [0.15, 0.2) is 0 Å². The minimum Gasteiger partial charge on any atom is -0.352 e. The van der Waals surface area contributed by atoms with Crippen molar-refractivity contribution in [2.45, 2.75) is 38.0 Å². The Hall–Kier alpha value is -0.530. The number of carbonyl (C=O) groups is 1. The van der Waals surface area contributed by atoms with Crippen molar-refractivity contribution in [2.75, 3.05) is 19.6 Å². The summed E-state index contributed by atoms with van der Waals surface area (Å²) in [4.78, 5) is 12.6. The summed E-state index contributed by atoms with van der Waals surface area (Å²) < 4.78 is 36.4. The molecule has 1 aliphatic heterocycles. The second-order valence-electron chi connectivity index (χ2n) is 4.46. The van der Waals surface area contributed by atoms with Gasteiger partial charge in [-0.15, -0.1) is 12.4 Å². The summed E-state index contributed by atoms with van der Waals surface area (Å²) in [5.74, 6) is -0.251. The predicted octanol–water partition coefficient (Wildman–Crippen LogP) is 0.898. The molecule has 0 saturated carbocycles. The normalized spacial score (nSPS) is 20.1. The number of hydrogen-bond donors (Lipinski definition) is 2. The monoisotopic (exact) mass is 289 g/mol. The van der Waals surface area contributed by atoms with Crippen molar-refractivity contribution in [2.24, 2.45) is 5.73 Å². The fraction of sp³-hybridized carbons (Fsp3) is 0.900. The average Bonchev–Trinajstić information content (AvgIpc) is 2.18. The van der Waals surface area contributed by atoms with Crippen molar-refractivity contribution < 1.29 is 18.0 Å². The number of hydrogen-bond acceptors (Lipinski definition) is 3. The Bertz CT molecular complexity index is 266. The summed E-state index contributed by atoms with van der Waals surface area (Å²) in [6, 6.07) is -0.638. The molecule has 1 saturated heterocycles. The average molecular weight is 290 g/mol. The molecule has 8 heteroatoms. The minimum absolute atomic E-state index is 0. The SMILES string of the molecule is C[C@@H](N)C(=O)NC1CCN(CC(F)(F)F)CC1.Cl. The van der Waals surface area contributed by atoms with E-state index >= 15 is 0 Å². The highest BCUT2D eigenvalue weighted by molar-refractivity contribution is 5.85. The molecule has 0 aromatic heterocycles. The van der Waals surface area contributed by atoms with Crippen LogP contribution in [0.1, 0.15) is 19.8 Å². The molecule has 0 spiro atoms. The van der Waals surface area contributed by atoms with E-state index in [4.69, 9.17) is 5.73 Å². The summed E-state index contributed by atoms with van der Waals surface area (Å²) in [5, 5.41) is 2.73. The van der Waals surface area contributed by atoms with E-state index in [0.29, 0.717) is 25.9 Å². The van der Waals surface area contributed by atoms with E-state index in [1.807, 2.05) is 0 Å². The van der Waals surface area contributed by atoms with Gasteiger partial charge in [-0.25, -0.2) is 0 Å². The zero-order chi connectivity index (χ0) is 13.1. The molecule has 1 rings (SSSR count). The number of nitrogens with two attached hydrogens (primary N) is 1. The Labute approximate surface area is 110 Å². The van der Waals surface area contributed by atoms with Crippen LogP contribution in [-0.4, -0.2) is 48.7 Å². The number of nitrogens with one attached hydrogen (secondary N) is 1. The first-order valence-electron chi connectivity index (χ1n) is 5.63. The highest BCUT2D eigenvalue weighted by Crippen LogP contribution is 2.19. The van der Waals surface area contributed by atoms with Crippen LogP contribution in [-0.2, 0) is 4.79 Å². The number of rotatable bonds is 3. The van der Waals surface area contributed by atoms with Gasteiger partial charge in [0.05, 0.1) is 12.6 Å².